The number of rotatable bonds is 4. The number of hydrogen-bond acceptors (Lipinski definition) is 2. The van der Waals surface area contributed by atoms with Gasteiger partial charge in [-0.2, -0.15) is 8.78 Å². The highest BCUT2D eigenvalue weighted by Crippen LogP contribution is 2.26. The summed E-state index contributed by atoms with van der Waals surface area (Å²) in [7, 11) is 0. The van der Waals surface area contributed by atoms with Gasteiger partial charge in [-0.1, -0.05) is 30.3 Å². The van der Waals surface area contributed by atoms with E-state index in [-0.39, 0.29) is 18.2 Å². The van der Waals surface area contributed by atoms with E-state index in [1.807, 2.05) is 0 Å². The minimum absolute atomic E-state index is 0.0535. The summed E-state index contributed by atoms with van der Waals surface area (Å²) in [5.41, 5.74) is 0.0535. The van der Waals surface area contributed by atoms with Gasteiger partial charge in [0.2, 0.25) is 0 Å². The van der Waals surface area contributed by atoms with E-state index in [2.05, 4.69) is 5.32 Å². The SMILES string of the molecule is FC(F)(CNC1COC1)c1ccccc1. The molecule has 1 aliphatic heterocycles. The predicted molar refractivity (Wildman–Crippen MR) is 52.9 cm³/mol. The van der Waals surface area contributed by atoms with Crippen LogP contribution in [0.4, 0.5) is 8.78 Å². The van der Waals surface area contributed by atoms with Crippen molar-refractivity contribution < 1.29 is 13.5 Å². The quantitative estimate of drug-likeness (QED) is 0.823. The summed E-state index contributed by atoms with van der Waals surface area (Å²) in [6.45, 7) is 0.737. The number of hydrogen-bond donors (Lipinski definition) is 1. The minimum Gasteiger partial charge on any atom is -0.378 e. The number of alkyl halides is 2. The summed E-state index contributed by atoms with van der Waals surface area (Å²) in [5.74, 6) is -2.81. The van der Waals surface area contributed by atoms with Crippen LogP contribution in [-0.2, 0) is 10.7 Å². The number of nitrogens with one attached hydrogen (secondary N) is 1. The summed E-state index contributed by atoms with van der Waals surface area (Å²) < 4.78 is 32.0. The van der Waals surface area contributed by atoms with Crippen molar-refractivity contribution in [2.24, 2.45) is 0 Å². The van der Waals surface area contributed by atoms with Gasteiger partial charge in [0, 0.05) is 5.56 Å². The van der Waals surface area contributed by atoms with Gasteiger partial charge in [0.25, 0.3) is 5.92 Å². The predicted octanol–water partition coefficient (Wildman–Crippen LogP) is 1.77. The molecule has 4 heteroatoms. The third-order valence-corrected chi connectivity index (χ3v) is 2.45. The molecule has 0 unspecified atom stereocenters. The Morgan fingerprint density at radius 3 is 2.47 bits per heavy atom. The fourth-order valence-corrected chi connectivity index (χ4v) is 1.41. The van der Waals surface area contributed by atoms with Gasteiger partial charge in [-0.3, -0.25) is 0 Å². The highest BCUT2D eigenvalue weighted by atomic mass is 19.3. The second kappa shape index (κ2) is 4.24. The van der Waals surface area contributed by atoms with Crippen LogP contribution in [-0.4, -0.2) is 25.8 Å². The third-order valence-electron chi connectivity index (χ3n) is 2.45. The Hall–Kier alpha value is -1.00. The molecule has 1 fully saturated rings. The van der Waals surface area contributed by atoms with Gasteiger partial charge in [-0.15, -0.1) is 0 Å². The van der Waals surface area contributed by atoms with Crippen molar-refractivity contribution in [1.82, 2.24) is 5.32 Å². The van der Waals surface area contributed by atoms with Gasteiger partial charge in [0.1, 0.15) is 0 Å². The molecule has 1 aliphatic rings. The molecule has 15 heavy (non-hydrogen) atoms. The van der Waals surface area contributed by atoms with Crippen LogP contribution in [0.5, 0.6) is 0 Å². The number of benzene rings is 1. The van der Waals surface area contributed by atoms with E-state index in [1.54, 1.807) is 18.2 Å². The molecule has 2 rings (SSSR count). The van der Waals surface area contributed by atoms with E-state index in [4.69, 9.17) is 4.74 Å². The van der Waals surface area contributed by atoms with Crippen LogP contribution >= 0.6 is 0 Å². The highest BCUT2D eigenvalue weighted by Gasteiger charge is 2.32. The minimum atomic E-state index is -2.81. The van der Waals surface area contributed by atoms with Crippen molar-refractivity contribution in [3.63, 3.8) is 0 Å². The van der Waals surface area contributed by atoms with Crippen molar-refractivity contribution in [1.29, 1.82) is 0 Å². The Morgan fingerprint density at radius 2 is 1.93 bits per heavy atom. The van der Waals surface area contributed by atoms with Crippen LogP contribution < -0.4 is 5.32 Å². The lowest BCUT2D eigenvalue weighted by Crippen LogP contribution is -2.49. The standard InChI is InChI=1S/C11H13F2NO/c12-11(13,8-14-10-6-15-7-10)9-4-2-1-3-5-9/h1-5,10,14H,6-8H2. The molecule has 0 radical (unpaired) electrons. The van der Waals surface area contributed by atoms with Gasteiger partial charge < -0.3 is 10.1 Å². The van der Waals surface area contributed by atoms with Crippen LogP contribution in [0.25, 0.3) is 0 Å². The lowest BCUT2D eigenvalue weighted by molar-refractivity contribution is -0.0411. The fraction of sp³-hybridized carbons (Fsp3) is 0.455. The van der Waals surface area contributed by atoms with E-state index in [0.29, 0.717) is 13.2 Å². The molecule has 1 aromatic carbocycles. The Bertz CT molecular complexity index is 312. The normalized spacial score (nSPS) is 17.5. The lowest BCUT2D eigenvalue weighted by Gasteiger charge is -2.29. The number of ether oxygens (including phenoxy) is 1. The van der Waals surface area contributed by atoms with E-state index in [9.17, 15) is 8.78 Å². The molecule has 0 saturated carbocycles. The van der Waals surface area contributed by atoms with Crippen molar-refractivity contribution in [2.75, 3.05) is 19.8 Å². The average Bonchev–Trinajstić information content (AvgIpc) is 2.16. The molecule has 0 aliphatic carbocycles. The van der Waals surface area contributed by atoms with Crippen LogP contribution in [0.15, 0.2) is 30.3 Å². The second-order valence-electron chi connectivity index (χ2n) is 3.69. The maximum Gasteiger partial charge on any atom is 0.285 e. The monoisotopic (exact) mass is 213 g/mol. The topological polar surface area (TPSA) is 21.3 Å². The molecule has 0 aromatic heterocycles. The van der Waals surface area contributed by atoms with Gasteiger partial charge in [0.05, 0.1) is 25.8 Å². The molecular formula is C11H13F2NO. The summed E-state index contributed by atoms with van der Waals surface area (Å²) in [6.07, 6.45) is 0. The largest absolute Gasteiger partial charge is 0.378 e. The Labute approximate surface area is 87.2 Å². The second-order valence-corrected chi connectivity index (χ2v) is 3.69. The smallest absolute Gasteiger partial charge is 0.285 e. The summed E-state index contributed by atoms with van der Waals surface area (Å²) in [5, 5.41) is 2.78. The molecule has 2 nitrogen and oxygen atoms in total. The maximum absolute atomic E-state index is 13.6. The average molecular weight is 213 g/mol. The summed E-state index contributed by atoms with van der Waals surface area (Å²) >= 11 is 0. The van der Waals surface area contributed by atoms with Gasteiger partial charge >= 0.3 is 0 Å². The first-order valence-electron chi connectivity index (χ1n) is 4.93. The zero-order valence-corrected chi connectivity index (χ0v) is 8.25. The first-order chi connectivity index (χ1) is 7.18. The van der Waals surface area contributed by atoms with Crippen molar-refractivity contribution >= 4 is 0 Å². The highest BCUT2D eigenvalue weighted by molar-refractivity contribution is 5.20. The van der Waals surface area contributed by atoms with Crippen LogP contribution in [0.1, 0.15) is 5.56 Å². The first kappa shape index (κ1) is 10.5. The van der Waals surface area contributed by atoms with Crippen LogP contribution in [0.3, 0.4) is 0 Å². The Morgan fingerprint density at radius 1 is 1.27 bits per heavy atom. The van der Waals surface area contributed by atoms with E-state index in [1.165, 1.54) is 12.1 Å². The van der Waals surface area contributed by atoms with E-state index in [0.717, 1.165) is 0 Å². The van der Waals surface area contributed by atoms with Gasteiger partial charge in [-0.25, -0.2) is 0 Å². The Kier molecular flexibility index (Phi) is 2.98. The Balaban J connectivity index is 1.93. The molecule has 82 valence electrons. The zero-order valence-electron chi connectivity index (χ0n) is 8.25. The summed E-state index contributed by atoms with van der Waals surface area (Å²) in [4.78, 5) is 0. The molecule has 1 saturated heterocycles. The van der Waals surface area contributed by atoms with Crippen molar-refractivity contribution in [3.05, 3.63) is 35.9 Å². The van der Waals surface area contributed by atoms with E-state index >= 15 is 0 Å². The van der Waals surface area contributed by atoms with Crippen molar-refractivity contribution in [3.8, 4) is 0 Å². The third kappa shape index (κ3) is 2.52. The molecular weight excluding hydrogens is 200 g/mol. The first-order valence-corrected chi connectivity index (χ1v) is 4.93. The van der Waals surface area contributed by atoms with Crippen LogP contribution in [0.2, 0.25) is 0 Å². The molecule has 1 N–H and O–H groups in total. The lowest BCUT2D eigenvalue weighted by atomic mass is 10.1. The van der Waals surface area contributed by atoms with Crippen molar-refractivity contribution in [2.45, 2.75) is 12.0 Å². The molecule has 1 heterocycles. The summed E-state index contributed by atoms with van der Waals surface area (Å²) in [6, 6.07) is 7.94. The van der Waals surface area contributed by atoms with Gasteiger partial charge in [0.15, 0.2) is 0 Å². The molecule has 0 spiro atoms. The molecule has 0 amide bonds. The zero-order chi connectivity index (χ0) is 10.7. The number of halogens is 2. The van der Waals surface area contributed by atoms with Crippen LogP contribution in [0, 0.1) is 0 Å². The molecule has 0 atom stereocenters. The van der Waals surface area contributed by atoms with Gasteiger partial charge in [-0.05, 0) is 0 Å². The van der Waals surface area contributed by atoms with E-state index < -0.39 is 5.92 Å². The molecule has 0 bridgehead atoms. The maximum atomic E-state index is 13.6. The fourth-order valence-electron chi connectivity index (χ4n) is 1.41. The molecule has 1 aromatic rings.